The SMILES string of the molecule is CC(=O)c1ccc(NC(=O)[C@H](C)OC(=O)c2cc(C)n(-c3ccc(C)cc3)c2C)cc1. The second kappa shape index (κ2) is 9.00. The van der Waals surface area contributed by atoms with E-state index < -0.39 is 18.0 Å². The zero-order valence-electron chi connectivity index (χ0n) is 18.4. The average Bonchev–Trinajstić information content (AvgIpc) is 3.03. The highest BCUT2D eigenvalue weighted by molar-refractivity contribution is 5.99. The molecule has 0 aliphatic heterocycles. The molecule has 0 fully saturated rings. The second-order valence-electron chi connectivity index (χ2n) is 7.63. The van der Waals surface area contributed by atoms with Crippen LogP contribution in [0.2, 0.25) is 0 Å². The van der Waals surface area contributed by atoms with E-state index in [1.165, 1.54) is 13.8 Å². The Kier molecular flexibility index (Phi) is 6.39. The predicted molar refractivity (Wildman–Crippen MR) is 120 cm³/mol. The number of amides is 1. The van der Waals surface area contributed by atoms with Gasteiger partial charge in [-0.3, -0.25) is 9.59 Å². The van der Waals surface area contributed by atoms with Gasteiger partial charge in [-0.2, -0.15) is 0 Å². The number of hydrogen-bond donors (Lipinski definition) is 1. The maximum absolute atomic E-state index is 12.8. The molecule has 1 aromatic heterocycles. The summed E-state index contributed by atoms with van der Waals surface area (Å²) in [7, 11) is 0. The van der Waals surface area contributed by atoms with Crippen LogP contribution in [-0.2, 0) is 9.53 Å². The lowest BCUT2D eigenvalue weighted by Crippen LogP contribution is -2.30. The predicted octanol–water partition coefficient (Wildman–Crippen LogP) is 4.79. The van der Waals surface area contributed by atoms with E-state index in [1.807, 2.05) is 49.6 Å². The van der Waals surface area contributed by atoms with Crippen LogP contribution in [0.5, 0.6) is 0 Å². The molecule has 0 saturated heterocycles. The first-order chi connectivity index (χ1) is 14.7. The van der Waals surface area contributed by atoms with Crippen LogP contribution in [0.4, 0.5) is 5.69 Å². The topological polar surface area (TPSA) is 77.4 Å². The molecule has 1 amide bonds. The molecule has 1 heterocycles. The van der Waals surface area contributed by atoms with Crippen LogP contribution in [0.3, 0.4) is 0 Å². The van der Waals surface area contributed by atoms with Gasteiger partial charge in [0.25, 0.3) is 5.91 Å². The van der Waals surface area contributed by atoms with Crippen LogP contribution >= 0.6 is 0 Å². The summed E-state index contributed by atoms with van der Waals surface area (Å²) in [5, 5.41) is 2.69. The molecule has 6 nitrogen and oxygen atoms in total. The standard InChI is InChI=1S/C25H26N2O4/c1-15-6-12-22(13-7-15)27-16(2)14-23(17(27)3)25(30)31-19(5)24(29)26-21-10-8-20(9-11-21)18(4)28/h6-14,19H,1-5H3,(H,26,29)/t19-/m0/s1. The van der Waals surface area contributed by atoms with Gasteiger partial charge in [-0.05, 0) is 77.1 Å². The van der Waals surface area contributed by atoms with Gasteiger partial charge in [0, 0.05) is 28.3 Å². The molecule has 3 rings (SSSR count). The highest BCUT2D eigenvalue weighted by atomic mass is 16.5. The summed E-state index contributed by atoms with van der Waals surface area (Å²) in [5.41, 5.74) is 5.26. The van der Waals surface area contributed by atoms with Crippen molar-refractivity contribution in [2.45, 2.75) is 40.7 Å². The number of ketones is 1. The fourth-order valence-corrected chi connectivity index (χ4v) is 3.37. The number of benzene rings is 2. The Hall–Kier alpha value is -3.67. The summed E-state index contributed by atoms with van der Waals surface area (Å²) in [4.78, 5) is 36.6. The van der Waals surface area contributed by atoms with E-state index in [9.17, 15) is 14.4 Å². The fraction of sp³-hybridized carbons (Fsp3) is 0.240. The number of carbonyl (C=O) groups excluding carboxylic acids is 3. The summed E-state index contributed by atoms with van der Waals surface area (Å²) >= 11 is 0. The van der Waals surface area contributed by atoms with Crippen LogP contribution in [-0.4, -0.2) is 28.3 Å². The average molecular weight is 418 g/mol. The molecule has 6 heteroatoms. The number of ether oxygens (including phenoxy) is 1. The molecular weight excluding hydrogens is 392 g/mol. The summed E-state index contributed by atoms with van der Waals surface area (Å²) in [6, 6.07) is 16.3. The Morgan fingerprint density at radius 3 is 2.13 bits per heavy atom. The van der Waals surface area contributed by atoms with E-state index in [0.29, 0.717) is 16.8 Å². The number of anilines is 1. The van der Waals surface area contributed by atoms with E-state index in [1.54, 1.807) is 30.3 Å². The van der Waals surface area contributed by atoms with Crippen molar-refractivity contribution >= 4 is 23.3 Å². The molecule has 31 heavy (non-hydrogen) atoms. The van der Waals surface area contributed by atoms with Crippen molar-refractivity contribution in [1.82, 2.24) is 4.57 Å². The van der Waals surface area contributed by atoms with Crippen molar-refractivity contribution in [3.05, 3.63) is 82.7 Å². The number of rotatable bonds is 6. The first-order valence-electron chi connectivity index (χ1n) is 10.1. The minimum Gasteiger partial charge on any atom is -0.449 e. The molecule has 0 radical (unpaired) electrons. The van der Waals surface area contributed by atoms with E-state index >= 15 is 0 Å². The van der Waals surface area contributed by atoms with Crippen molar-refractivity contribution in [2.75, 3.05) is 5.32 Å². The zero-order valence-corrected chi connectivity index (χ0v) is 18.4. The molecule has 2 aromatic carbocycles. The third-order valence-electron chi connectivity index (χ3n) is 5.16. The summed E-state index contributed by atoms with van der Waals surface area (Å²) in [5.74, 6) is -1.05. The first-order valence-corrected chi connectivity index (χ1v) is 10.1. The van der Waals surface area contributed by atoms with Gasteiger partial charge in [-0.15, -0.1) is 0 Å². The maximum Gasteiger partial charge on any atom is 0.340 e. The van der Waals surface area contributed by atoms with Crippen molar-refractivity contribution in [2.24, 2.45) is 0 Å². The summed E-state index contributed by atoms with van der Waals surface area (Å²) in [6.07, 6.45) is -0.984. The lowest BCUT2D eigenvalue weighted by atomic mass is 10.1. The Balaban J connectivity index is 1.70. The Morgan fingerprint density at radius 2 is 1.55 bits per heavy atom. The summed E-state index contributed by atoms with van der Waals surface area (Å²) in [6.45, 7) is 8.79. The van der Waals surface area contributed by atoms with Crippen LogP contribution in [0.1, 0.15) is 51.5 Å². The molecule has 0 unspecified atom stereocenters. The number of carbonyl (C=O) groups is 3. The number of nitrogens with one attached hydrogen (secondary N) is 1. The highest BCUT2D eigenvalue weighted by Gasteiger charge is 2.23. The third kappa shape index (κ3) is 4.91. The molecule has 0 aliphatic carbocycles. The van der Waals surface area contributed by atoms with Gasteiger partial charge < -0.3 is 14.6 Å². The number of esters is 1. The van der Waals surface area contributed by atoms with E-state index in [0.717, 1.165) is 22.6 Å². The molecule has 0 aliphatic rings. The number of aryl methyl sites for hydroxylation is 2. The van der Waals surface area contributed by atoms with Gasteiger partial charge >= 0.3 is 5.97 Å². The molecule has 3 aromatic rings. The lowest BCUT2D eigenvalue weighted by molar-refractivity contribution is -0.123. The van der Waals surface area contributed by atoms with Crippen LogP contribution < -0.4 is 5.32 Å². The van der Waals surface area contributed by atoms with Gasteiger partial charge in [0.15, 0.2) is 11.9 Å². The quantitative estimate of drug-likeness (QED) is 0.461. The fourth-order valence-electron chi connectivity index (χ4n) is 3.37. The van der Waals surface area contributed by atoms with Crippen molar-refractivity contribution < 1.29 is 19.1 Å². The highest BCUT2D eigenvalue weighted by Crippen LogP contribution is 2.22. The number of Topliss-reactive ketones (excluding diaryl/α,β-unsaturated/α-hetero) is 1. The maximum atomic E-state index is 12.8. The Bertz CT molecular complexity index is 1130. The number of nitrogens with zero attached hydrogens (tertiary/aromatic N) is 1. The molecule has 1 N–H and O–H groups in total. The number of hydrogen-bond acceptors (Lipinski definition) is 4. The number of aromatic nitrogens is 1. The first kappa shape index (κ1) is 22.0. The Labute approximate surface area is 181 Å². The minimum absolute atomic E-state index is 0.0524. The van der Waals surface area contributed by atoms with E-state index in [2.05, 4.69) is 5.32 Å². The van der Waals surface area contributed by atoms with Crippen LogP contribution in [0.15, 0.2) is 54.6 Å². The molecule has 0 bridgehead atoms. The normalized spacial score (nSPS) is 11.6. The van der Waals surface area contributed by atoms with Crippen molar-refractivity contribution in [3.63, 3.8) is 0 Å². The Morgan fingerprint density at radius 1 is 0.935 bits per heavy atom. The zero-order chi connectivity index (χ0) is 22.7. The van der Waals surface area contributed by atoms with E-state index in [4.69, 9.17) is 4.74 Å². The largest absolute Gasteiger partial charge is 0.449 e. The van der Waals surface area contributed by atoms with Gasteiger partial charge in [0.05, 0.1) is 5.56 Å². The summed E-state index contributed by atoms with van der Waals surface area (Å²) < 4.78 is 7.40. The minimum atomic E-state index is -0.984. The third-order valence-corrected chi connectivity index (χ3v) is 5.16. The van der Waals surface area contributed by atoms with Crippen molar-refractivity contribution in [3.8, 4) is 5.69 Å². The van der Waals surface area contributed by atoms with Crippen molar-refractivity contribution in [1.29, 1.82) is 0 Å². The lowest BCUT2D eigenvalue weighted by Gasteiger charge is -2.14. The molecule has 160 valence electrons. The van der Waals surface area contributed by atoms with Gasteiger partial charge in [0.1, 0.15) is 0 Å². The van der Waals surface area contributed by atoms with Gasteiger partial charge in [-0.25, -0.2) is 4.79 Å². The molecule has 0 spiro atoms. The monoisotopic (exact) mass is 418 g/mol. The molecule has 0 saturated carbocycles. The van der Waals surface area contributed by atoms with Gasteiger partial charge in [-0.1, -0.05) is 17.7 Å². The molecular formula is C25H26N2O4. The molecule has 1 atom stereocenters. The van der Waals surface area contributed by atoms with Crippen LogP contribution in [0, 0.1) is 20.8 Å². The van der Waals surface area contributed by atoms with E-state index in [-0.39, 0.29) is 5.78 Å². The van der Waals surface area contributed by atoms with Gasteiger partial charge in [0.2, 0.25) is 0 Å². The second-order valence-corrected chi connectivity index (χ2v) is 7.63. The van der Waals surface area contributed by atoms with Crippen LogP contribution in [0.25, 0.3) is 5.69 Å². The smallest absolute Gasteiger partial charge is 0.340 e.